The molecule has 1 atom stereocenters. The van der Waals surface area contributed by atoms with Gasteiger partial charge in [0.25, 0.3) is 0 Å². The lowest BCUT2D eigenvalue weighted by Gasteiger charge is -2.23. The van der Waals surface area contributed by atoms with Crippen LogP contribution in [0.15, 0.2) is 0 Å². The zero-order valence-corrected chi connectivity index (χ0v) is 10.4. The molecule has 0 amide bonds. The molecule has 13 heavy (non-hydrogen) atoms. The highest BCUT2D eigenvalue weighted by Gasteiger charge is 2.26. The Morgan fingerprint density at radius 2 is 1.69 bits per heavy atom. The number of halogens is 1. The monoisotopic (exact) mass is 207 g/mol. The van der Waals surface area contributed by atoms with Gasteiger partial charge in [-0.3, -0.25) is 4.79 Å². The molecule has 0 aromatic heterocycles. The number of hydrogen-bond acceptors (Lipinski definition) is 2. The van der Waals surface area contributed by atoms with Crippen LogP contribution >= 0.6 is 12.4 Å². The van der Waals surface area contributed by atoms with E-state index < -0.39 is 0 Å². The SMILES string of the molecule is CC(CN(C)C)C(=O)C(C)(C)C.Cl. The summed E-state index contributed by atoms with van der Waals surface area (Å²) in [6.07, 6.45) is 0. The molecule has 80 valence electrons. The van der Waals surface area contributed by atoms with Crippen molar-refractivity contribution in [2.45, 2.75) is 27.7 Å². The third-order valence-electron chi connectivity index (χ3n) is 1.83. The van der Waals surface area contributed by atoms with Gasteiger partial charge in [0.2, 0.25) is 0 Å². The van der Waals surface area contributed by atoms with Crippen LogP contribution in [0.2, 0.25) is 0 Å². The fraction of sp³-hybridized carbons (Fsp3) is 0.900. The van der Waals surface area contributed by atoms with E-state index >= 15 is 0 Å². The maximum absolute atomic E-state index is 11.7. The summed E-state index contributed by atoms with van der Waals surface area (Å²) in [6, 6.07) is 0. The molecule has 0 spiro atoms. The average molecular weight is 208 g/mol. The van der Waals surface area contributed by atoms with Gasteiger partial charge in [0.15, 0.2) is 0 Å². The molecule has 0 saturated carbocycles. The smallest absolute Gasteiger partial charge is 0.142 e. The number of ketones is 1. The molecule has 0 aromatic rings. The van der Waals surface area contributed by atoms with Crippen molar-refractivity contribution in [3.8, 4) is 0 Å². The van der Waals surface area contributed by atoms with Gasteiger partial charge < -0.3 is 4.90 Å². The largest absolute Gasteiger partial charge is 0.309 e. The number of hydrogen-bond donors (Lipinski definition) is 0. The minimum absolute atomic E-state index is 0. The summed E-state index contributed by atoms with van der Waals surface area (Å²) in [5.74, 6) is 0.483. The Morgan fingerprint density at radius 1 is 1.31 bits per heavy atom. The standard InChI is InChI=1S/C10H21NO.ClH/c1-8(7-11(5)6)9(12)10(2,3)4;/h8H,7H2,1-6H3;1H. The Hall–Kier alpha value is -0.0800. The van der Waals surface area contributed by atoms with Crippen molar-refractivity contribution in [2.75, 3.05) is 20.6 Å². The lowest BCUT2D eigenvalue weighted by molar-refractivity contribution is -0.130. The molecule has 0 rings (SSSR count). The van der Waals surface area contributed by atoms with Gasteiger partial charge in [-0.25, -0.2) is 0 Å². The molecular weight excluding hydrogens is 186 g/mol. The van der Waals surface area contributed by atoms with Crippen molar-refractivity contribution in [3.63, 3.8) is 0 Å². The third kappa shape index (κ3) is 6.05. The van der Waals surface area contributed by atoms with Crippen molar-refractivity contribution in [2.24, 2.45) is 11.3 Å². The molecule has 0 bridgehead atoms. The van der Waals surface area contributed by atoms with Gasteiger partial charge in [-0.05, 0) is 14.1 Å². The van der Waals surface area contributed by atoms with Gasteiger partial charge in [-0.15, -0.1) is 12.4 Å². The molecule has 0 aliphatic carbocycles. The van der Waals surface area contributed by atoms with Crippen molar-refractivity contribution in [1.29, 1.82) is 0 Å². The molecule has 3 heteroatoms. The van der Waals surface area contributed by atoms with E-state index in [4.69, 9.17) is 0 Å². The zero-order valence-electron chi connectivity index (χ0n) is 9.55. The molecule has 0 aromatic carbocycles. The maximum Gasteiger partial charge on any atom is 0.142 e. The van der Waals surface area contributed by atoms with Crippen LogP contribution in [-0.4, -0.2) is 31.3 Å². The quantitative estimate of drug-likeness (QED) is 0.708. The van der Waals surface area contributed by atoms with Crippen LogP contribution in [0.4, 0.5) is 0 Å². The van der Waals surface area contributed by atoms with Crippen molar-refractivity contribution in [1.82, 2.24) is 4.90 Å². The maximum atomic E-state index is 11.7. The van der Waals surface area contributed by atoms with Crippen LogP contribution in [0, 0.1) is 11.3 Å². The van der Waals surface area contributed by atoms with Crippen molar-refractivity contribution >= 4 is 18.2 Å². The van der Waals surface area contributed by atoms with E-state index in [1.807, 2.05) is 46.7 Å². The van der Waals surface area contributed by atoms with Crippen LogP contribution < -0.4 is 0 Å². The fourth-order valence-corrected chi connectivity index (χ4v) is 1.37. The Balaban J connectivity index is 0. The second-order valence-electron chi connectivity index (χ2n) is 4.78. The van der Waals surface area contributed by atoms with E-state index in [2.05, 4.69) is 0 Å². The molecule has 0 radical (unpaired) electrons. The summed E-state index contributed by atoms with van der Waals surface area (Å²) in [5.41, 5.74) is -0.199. The first-order chi connectivity index (χ1) is 5.25. The summed E-state index contributed by atoms with van der Waals surface area (Å²) < 4.78 is 0. The topological polar surface area (TPSA) is 20.3 Å². The number of carbonyl (C=O) groups excluding carboxylic acids is 1. The van der Waals surface area contributed by atoms with Gasteiger partial charge in [0.1, 0.15) is 5.78 Å². The normalized spacial score (nSPS) is 13.8. The van der Waals surface area contributed by atoms with Gasteiger partial charge >= 0.3 is 0 Å². The summed E-state index contributed by atoms with van der Waals surface area (Å²) in [5, 5.41) is 0. The lowest BCUT2D eigenvalue weighted by Crippen LogP contribution is -2.33. The van der Waals surface area contributed by atoms with Crippen LogP contribution in [0.3, 0.4) is 0 Å². The summed E-state index contributed by atoms with van der Waals surface area (Å²) in [4.78, 5) is 13.7. The first-order valence-corrected chi connectivity index (χ1v) is 4.44. The molecule has 1 unspecified atom stereocenters. The molecule has 0 N–H and O–H groups in total. The van der Waals surface area contributed by atoms with Crippen LogP contribution in [0.25, 0.3) is 0 Å². The third-order valence-corrected chi connectivity index (χ3v) is 1.83. The van der Waals surface area contributed by atoms with E-state index in [1.165, 1.54) is 0 Å². The summed E-state index contributed by atoms with van der Waals surface area (Å²) in [6.45, 7) is 8.76. The van der Waals surface area contributed by atoms with Crippen molar-refractivity contribution < 1.29 is 4.79 Å². The molecule has 2 nitrogen and oxygen atoms in total. The highest BCUT2D eigenvalue weighted by atomic mass is 35.5. The summed E-state index contributed by atoms with van der Waals surface area (Å²) >= 11 is 0. The predicted molar refractivity (Wildman–Crippen MR) is 59.4 cm³/mol. The van der Waals surface area contributed by atoms with E-state index in [0.717, 1.165) is 6.54 Å². The molecule has 0 heterocycles. The van der Waals surface area contributed by atoms with Gasteiger partial charge in [0, 0.05) is 17.9 Å². The van der Waals surface area contributed by atoms with Gasteiger partial charge in [-0.2, -0.15) is 0 Å². The Bertz CT molecular complexity index is 161. The molecule has 0 fully saturated rings. The Morgan fingerprint density at radius 3 is 1.92 bits per heavy atom. The first kappa shape index (κ1) is 15.4. The number of Topliss-reactive ketones (excluding diaryl/α,β-unsaturated/α-hetero) is 1. The minimum atomic E-state index is -0.199. The van der Waals surface area contributed by atoms with E-state index in [0.29, 0.717) is 5.78 Å². The lowest BCUT2D eigenvalue weighted by atomic mass is 9.84. The van der Waals surface area contributed by atoms with Gasteiger partial charge in [0.05, 0.1) is 0 Å². The zero-order chi connectivity index (χ0) is 9.94. The first-order valence-electron chi connectivity index (χ1n) is 4.44. The van der Waals surface area contributed by atoms with Crippen molar-refractivity contribution in [3.05, 3.63) is 0 Å². The average Bonchev–Trinajstić information content (AvgIpc) is 1.82. The highest BCUT2D eigenvalue weighted by Crippen LogP contribution is 2.20. The van der Waals surface area contributed by atoms with E-state index in [9.17, 15) is 4.79 Å². The van der Waals surface area contributed by atoms with Crippen LogP contribution in [0.1, 0.15) is 27.7 Å². The molecule has 0 saturated heterocycles. The van der Waals surface area contributed by atoms with Crippen LogP contribution in [-0.2, 0) is 4.79 Å². The second-order valence-corrected chi connectivity index (χ2v) is 4.78. The predicted octanol–water partition coefficient (Wildman–Crippen LogP) is 2.22. The fourth-order valence-electron chi connectivity index (χ4n) is 1.37. The number of carbonyl (C=O) groups is 1. The van der Waals surface area contributed by atoms with E-state index in [1.54, 1.807) is 0 Å². The second kappa shape index (κ2) is 5.61. The Labute approximate surface area is 88.1 Å². The van der Waals surface area contributed by atoms with Gasteiger partial charge in [-0.1, -0.05) is 27.7 Å². The Kier molecular flexibility index (Phi) is 6.64. The van der Waals surface area contributed by atoms with Crippen LogP contribution in [0.5, 0.6) is 0 Å². The molecular formula is C10H22ClNO. The highest BCUT2D eigenvalue weighted by molar-refractivity contribution is 5.86. The van der Waals surface area contributed by atoms with E-state index in [-0.39, 0.29) is 23.7 Å². The molecule has 0 aliphatic rings. The minimum Gasteiger partial charge on any atom is -0.309 e. The number of rotatable bonds is 3. The number of nitrogens with zero attached hydrogens (tertiary/aromatic N) is 1. The summed E-state index contributed by atoms with van der Waals surface area (Å²) in [7, 11) is 3.98. The molecule has 0 aliphatic heterocycles.